The topological polar surface area (TPSA) is 65.7 Å². The van der Waals surface area contributed by atoms with Crippen LogP contribution in [-0.4, -0.2) is 4.57 Å². The standard InChI is InChI=1S/C33H17N3O/c34-18-33(19-35)27-16-30-25(21-10-4-6-12-29(21)36(30)20-8-2-1-3-9-20)14-23(27)24-15-26-22-11-5-7-13-31(22)37-32(26)17-28(24)33/h1-17H. The van der Waals surface area contributed by atoms with Crippen molar-refractivity contribution in [2.45, 2.75) is 5.41 Å². The van der Waals surface area contributed by atoms with Crippen molar-refractivity contribution in [2.24, 2.45) is 0 Å². The van der Waals surface area contributed by atoms with Gasteiger partial charge in [-0.15, -0.1) is 0 Å². The monoisotopic (exact) mass is 471 g/mol. The number of hydrogen-bond acceptors (Lipinski definition) is 3. The number of fused-ring (bicyclic) bond motifs is 9. The molecule has 0 fully saturated rings. The third-order valence-corrected chi connectivity index (χ3v) is 7.78. The fourth-order valence-corrected chi connectivity index (χ4v) is 6.12. The first-order valence-corrected chi connectivity index (χ1v) is 12.2. The summed E-state index contributed by atoms with van der Waals surface area (Å²) >= 11 is 0. The van der Waals surface area contributed by atoms with E-state index in [0.717, 1.165) is 60.5 Å². The van der Waals surface area contributed by atoms with Gasteiger partial charge in [-0.3, -0.25) is 0 Å². The molecule has 0 bridgehead atoms. The Balaban J connectivity index is 1.54. The van der Waals surface area contributed by atoms with Gasteiger partial charge in [0.15, 0.2) is 5.41 Å². The molecule has 2 aromatic heterocycles. The molecule has 0 N–H and O–H groups in total. The Morgan fingerprint density at radius 2 is 1.22 bits per heavy atom. The van der Waals surface area contributed by atoms with Crippen molar-refractivity contribution < 1.29 is 4.42 Å². The van der Waals surface area contributed by atoms with E-state index in [1.165, 1.54) is 0 Å². The van der Waals surface area contributed by atoms with Gasteiger partial charge in [0.05, 0.1) is 23.2 Å². The normalized spacial score (nSPS) is 13.6. The van der Waals surface area contributed by atoms with E-state index in [9.17, 15) is 10.5 Å². The third kappa shape index (κ3) is 2.39. The highest BCUT2D eigenvalue weighted by molar-refractivity contribution is 6.13. The summed E-state index contributed by atoms with van der Waals surface area (Å²) in [5.74, 6) is 0. The van der Waals surface area contributed by atoms with Crippen LogP contribution in [0.5, 0.6) is 0 Å². The number of hydrogen-bond donors (Lipinski definition) is 0. The summed E-state index contributed by atoms with van der Waals surface area (Å²) in [5.41, 5.74) is 6.39. The van der Waals surface area contributed by atoms with Gasteiger partial charge in [-0.25, -0.2) is 0 Å². The van der Waals surface area contributed by atoms with Gasteiger partial charge in [-0.1, -0.05) is 54.6 Å². The quantitative estimate of drug-likeness (QED) is 0.244. The second-order valence-electron chi connectivity index (χ2n) is 9.57. The summed E-state index contributed by atoms with van der Waals surface area (Å²) in [6, 6.07) is 39.4. The van der Waals surface area contributed by atoms with Gasteiger partial charge in [0, 0.05) is 38.4 Å². The largest absolute Gasteiger partial charge is 0.456 e. The van der Waals surface area contributed by atoms with Gasteiger partial charge in [0.25, 0.3) is 0 Å². The van der Waals surface area contributed by atoms with Crippen LogP contribution in [-0.2, 0) is 5.41 Å². The molecule has 5 aromatic carbocycles. The van der Waals surface area contributed by atoms with E-state index in [1.54, 1.807) is 0 Å². The van der Waals surface area contributed by atoms with Crippen molar-refractivity contribution in [1.29, 1.82) is 10.5 Å². The molecule has 0 spiro atoms. The highest BCUT2D eigenvalue weighted by atomic mass is 16.3. The smallest absolute Gasteiger partial charge is 0.194 e. The molecule has 170 valence electrons. The molecule has 0 aliphatic heterocycles. The molecule has 0 amide bonds. The maximum Gasteiger partial charge on any atom is 0.194 e. The van der Waals surface area contributed by atoms with E-state index in [0.29, 0.717) is 11.1 Å². The zero-order valence-corrected chi connectivity index (χ0v) is 19.6. The Labute approximate surface area is 211 Å². The molecule has 0 saturated heterocycles. The van der Waals surface area contributed by atoms with Crippen LogP contribution in [0.4, 0.5) is 0 Å². The zero-order valence-electron chi connectivity index (χ0n) is 19.6. The molecule has 8 rings (SSSR count). The van der Waals surface area contributed by atoms with Gasteiger partial charge in [-0.2, -0.15) is 10.5 Å². The number of rotatable bonds is 1. The summed E-state index contributed by atoms with van der Waals surface area (Å²) in [7, 11) is 0. The molecule has 37 heavy (non-hydrogen) atoms. The van der Waals surface area contributed by atoms with Crippen LogP contribution in [0, 0.1) is 22.7 Å². The minimum absolute atomic E-state index is 0.683. The lowest BCUT2D eigenvalue weighted by atomic mass is 9.81. The first-order valence-electron chi connectivity index (χ1n) is 12.2. The molecule has 0 unspecified atom stereocenters. The average molecular weight is 472 g/mol. The maximum absolute atomic E-state index is 10.5. The Kier molecular flexibility index (Phi) is 3.71. The lowest BCUT2D eigenvalue weighted by Gasteiger charge is -2.15. The molecule has 0 atom stereocenters. The molecule has 1 aliphatic carbocycles. The summed E-state index contributed by atoms with van der Waals surface area (Å²) in [6.45, 7) is 0. The average Bonchev–Trinajstić information content (AvgIpc) is 3.57. The number of para-hydroxylation sites is 3. The number of furan rings is 1. The fourth-order valence-electron chi connectivity index (χ4n) is 6.12. The molecular formula is C33H17N3O. The lowest BCUT2D eigenvalue weighted by molar-refractivity contribution is 0.667. The maximum atomic E-state index is 10.5. The Bertz CT molecular complexity index is 2150. The van der Waals surface area contributed by atoms with E-state index in [4.69, 9.17) is 4.42 Å². The van der Waals surface area contributed by atoms with Gasteiger partial charge in [-0.05, 0) is 59.7 Å². The number of nitrogens with zero attached hydrogens (tertiary/aromatic N) is 3. The molecular weight excluding hydrogens is 454 g/mol. The predicted molar refractivity (Wildman–Crippen MR) is 146 cm³/mol. The van der Waals surface area contributed by atoms with Crippen molar-refractivity contribution in [3.05, 3.63) is 114 Å². The Morgan fingerprint density at radius 3 is 2.00 bits per heavy atom. The van der Waals surface area contributed by atoms with Crippen LogP contribution in [0.3, 0.4) is 0 Å². The van der Waals surface area contributed by atoms with Crippen LogP contribution < -0.4 is 0 Å². The van der Waals surface area contributed by atoms with Crippen molar-refractivity contribution in [3.8, 4) is 29.0 Å². The van der Waals surface area contributed by atoms with E-state index >= 15 is 0 Å². The van der Waals surface area contributed by atoms with Crippen molar-refractivity contribution in [2.75, 3.05) is 0 Å². The van der Waals surface area contributed by atoms with Crippen LogP contribution in [0.15, 0.2) is 108 Å². The second-order valence-corrected chi connectivity index (χ2v) is 9.57. The summed E-state index contributed by atoms with van der Waals surface area (Å²) in [6.07, 6.45) is 0. The van der Waals surface area contributed by atoms with E-state index in [2.05, 4.69) is 53.1 Å². The van der Waals surface area contributed by atoms with E-state index < -0.39 is 5.41 Å². The van der Waals surface area contributed by atoms with Gasteiger partial charge in [0.2, 0.25) is 0 Å². The zero-order chi connectivity index (χ0) is 24.7. The molecule has 0 saturated carbocycles. The van der Waals surface area contributed by atoms with Crippen LogP contribution in [0.1, 0.15) is 11.1 Å². The summed E-state index contributed by atoms with van der Waals surface area (Å²) in [5, 5.41) is 25.3. The highest BCUT2D eigenvalue weighted by Gasteiger charge is 2.45. The molecule has 7 aromatic rings. The van der Waals surface area contributed by atoms with E-state index in [-0.39, 0.29) is 0 Å². The van der Waals surface area contributed by atoms with Crippen LogP contribution in [0.2, 0.25) is 0 Å². The van der Waals surface area contributed by atoms with Crippen molar-refractivity contribution in [3.63, 3.8) is 0 Å². The lowest BCUT2D eigenvalue weighted by Crippen LogP contribution is -2.20. The Hall–Kier alpha value is -5.32. The molecule has 4 nitrogen and oxygen atoms in total. The minimum atomic E-state index is -1.43. The summed E-state index contributed by atoms with van der Waals surface area (Å²) in [4.78, 5) is 0. The molecule has 0 radical (unpaired) electrons. The van der Waals surface area contributed by atoms with Crippen molar-refractivity contribution in [1.82, 2.24) is 4.57 Å². The van der Waals surface area contributed by atoms with Crippen LogP contribution >= 0.6 is 0 Å². The predicted octanol–water partition coefficient (Wildman–Crippen LogP) is 8.00. The van der Waals surface area contributed by atoms with Gasteiger partial charge in [0.1, 0.15) is 11.2 Å². The highest BCUT2D eigenvalue weighted by Crippen LogP contribution is 2.52. The Morgan fingerprint density at radius 1 is 0.568 bits per heavy atom. The fraction of sp³-hybridized carbons (Fsp3) is 0.0303. The third-order valence-electron chi connectivity index (χ3n) is 7.78. The first kappa shape index (κ1) is 19.9. The second kappa shape index (κ2) is 6.88. The summed E-state index contributed by atoms with van der Waals surface area (Å²) < 4.78 is 8.35. The molecule has 1 aliphatic rings. The number of benzene rings is 5. The number of nitriles is 2. The molecule has 2 heterocycles. The first-order chi connectivity index (χ1) is 18.2. The van der Waals surface area contributed by atoms with E-state index in [1.807, 2.05) is 66.7 Å². The van der Waals surface area contributed by atoms with Crippen LogP contribution in [0.25, 0.3) is 60.6 Å². The minimum Gasteiger partial charge on any atom is -0.456 e. The van der Waals surface area contributed by atoms with Gasteiger partial charge < -0.3 is 8.98 Å². The van der Waals surface area contributed by atoms with Crippen molar-refractivity contribution >= 4 is 43.7 Å². The SMILES string of the molecule is N#CC1(C#N)c2cc3oc4ccccc4c3cc2-c2cc3c4ccccc4n(-c4ccccc4)c3cc21. The molecule has 4 heteroatoms. The van der Waals surface area contributed by atoms with Gasteiger partial charge >= 0.3 is 0 Å². The number of aromatic nitrogens is 1.